The number of carbonyl (C=O) groups is 1. The summed E-state index contributed by atoms with van der Waals surface area (Å²) in [4.78, 5) is 19.6. The zero-order valence-electron chi connectivity index (χ0n) is 14.7. The SMILES string of the molecule is CN(CC1CCCN(CCc2ccc(F)cc2)C1)C(=O)c1cc[nH]c1. The molecule has 1 amide bonds. The van der Waals surface area contributed by atoms with Crippen LogP contribution in [0.5, 0.6) is 0 Å². The number of aromatic amines is 1. The maximum Gasteiger partial charge on any atom is 0.255 e. The van der Waals surface area contributed by atoms with Crippen molar-refractivity contribution in [3.8, 4) is 0 Å². The van der Waals surface area contributed by atoms with E-state index < -0.39 is 0 Å². The van der Waals surface area contributed by atoms with Crippen LogP contribution in [-0.4, -0.2) is 53.9 Å². The molecule has 1 fully saturated rings. The molecular formula is C20H26FN3O. The fraction of sp³-hybridized carbons (Fsp3) is 0.450. The molecule has 1 saturated heterocycles. The Hall–Kier alpha value is -2.14. The van der Waals surface area contributed by atoms with Crippen molar-refractivity contribution in [2.24, 2.45) is 5.92 Å². The normalized spacial score (nSPS) is 18.2. The van der Waals surface area contributed by atoms with Crippen molar-refractivity contribution in [1.82, 2.24) is 14.8 Å². The number of nitrogens with one attached hydrogen (secondary N) is 1. The largest absolute Gasteiger partial charge is 0.367 e. The van der Waals surface area contributed by atoms with Crippen LogP contribution in [-0.2, 0) is 6.42 Å². The molecule has 2 heterocycles. The molecule has 1 N–H and O–H groups in total. The second-order valence-corrected chi connectivity index (χ2v) is 6.97. The van der Waals surface area contributed by atoms with Crippen LogP contribution >= 0.6 is 0 Å². The van der Waals surface area contributed by atoms with Crippen LogP contribution < -0.4 is 0 Å². The van der Waals surface area contributed by atoms with Crippen LogP contribution in [0, 0.1) is 11.7 Å². The number of benzene rings is 1. The van der Waals surface area contributed by atoms with Crippen molar-refractivity contribution >= 4 is 5.91 Å². The molecule has 2 aromatic rings. The van der Waals surface area contributed by atoms with E-state index in [-0.39, 0.29) is 11.7 Å². The lowest BCUT2D eigenvalue weighted by molar-refractivity contribution is 0.0730. The van der Waals surface area contributed by atoms with Crippen molar-refractivity contribution in [2.45, 2.75) is 19.3 Å². The summed E-state index contributed by atoms with van der Waals surface area (Å²) in [6.07, 6.45) is 6.79. The first-order valence-electron chi connectivity index (χ1n) is 8.97. The number of aromatic nitrogens is 1. The van der Waals surface area contributed by atoms with Gasteiger partial charge in [-0.25, -0.2) is 4.39 Å². The Morgan fingerprint density at radius 1 is 1.32 bits per heavy atom. The number of piperidine rings is 1. The van der Waals surface area contributed by atoms with E-state index in [1.807, 2.05) is 30.1 Å². The van der Waals surface area contributed by atoms with Gasteiger partial charge in [-0.1, -0.05) is 12.1 Å². The quantitative estimate of drug-likeness (QED) is 0.875. The topological polar surface area (TPSA) is 39.3 Å². The molecule has 0 radical (unpaired) electrons. The number of likely N-dealkylation sites (tertiary alicyclic amines) is 1. The van der Waals surface area contributed by atoms with E-state index >= 15 is 0 Å². The number of carbonyl (C=O) groups excluding carboxylic acids is 1. The highest BCUT2D eigenvalue weighted by Crippen LogP contribution is 2.18. The van der Waals surface area contributed by atoms with Gasteiger partial charge in [-0.05, 0) is 55.5 Å². The second-order valence-electron chi connectivity index (χ2n) is 6.97. The van der Waals surface area contributed by atoms with Crippen LogP contribution in [0.15, 0.2) is 42.7 Å². The summed E-state index contributed by atoms with van der Waals surface area (Å²) in [5.41, 5.74) is 1.88. The third-order valence-corrected chi connectivity index (χ3v) is 4.96. The predicted octanol–water partition coefficient (Wildman–Crippen LogP) is 3.18. The number of rotatable bonds is 6. The average molecular weight is 343 g/mol. The van der Waals surface area contributed by atoms with E-state index in [4.69, 9.17) is 0 Å². The smallest absolute Gasteiger partial charge is 0.255 e. The molecule has 1 unspecified atom stereocenters. The summed E-state index contributed by atoms with van der Waals surface area (Å²) < 4.78 is 13.0. The highest BCUT2D eigenvalue weighted by atomic mass is 19.1. The van der Waals surface area contributed by atoms with E-state index in [2.05, 4.69) is 9.88 Å². The molecule has 0 aliphatic carbocycles. The standard InChI is InChI=1S/C20H26FN3O/c1-23(20(25)18-8-10-22-13-18)14-17-3-2-11-24(15-17)12-9-16-4-6-19(21)7-5-16/h4-8,10,13,17,22H,2-3,9,11-12,14-15H2,1H3. The summed E-state index contributed by atoms with van der Waals surface area (Å²) in [5.74, 6) is 0.399. The molecule has 0 bridgehead atoms. The third kappa shape index (κ3) is 4.92. The number of H-pyrrole nitrogens is 1. The maximum absolute atomic E-state index is 13.0. The predicted molar refractivity (Wildman–Crippen MR) is 97.0 cm³/mol. The Kier molecular flexibility index (Phi) is 5.87. The number of halogens is 1. The van der Waals surface area contributed by atoms with E-state index in [9.17, 15) is 9.18 Å². The van der Waals surface area contributed by atoms with E-state index in [1.165, 1.54) is 24.1 Å². The summed E-state index contributed by atoms with van der Waals surface area (Å²) >= 11 is 0. The maximum atomic E-state index is 13.0. The number of hydrogen-bond acceptors (Lipinski definition) is 2. The van der Waals surface area contributed by atoms with Gasteiger partial charge in [-0.3, -0.25) is 4.79 Å². The fourth-order valence-electron chi connectivity index (χ4n) is 3.59. The molecule has 1 aliphatic heterocycles. The van der Waals surface area contributed by atoms with Gasteiger partial charge < -0.3 is 14.8 Å². The lowest BCUT2D eigenvalue weighted by Gasteiger charge is -2.34. The molecule has 0 saturated carbocycles. The van der Waals surface area contributed by atoms with Crippen LogP contribution in [0.25, 0.3) is 0 Å². The first-order valence-corrected chi connectivity index (χ1v) is 8.97. The van der Waals surface area contributed by atoms with Crippen LogP contribution in [0.4, 0.5) is 4.39 Å². The minimum atomic E-state index is -0.183. The average Bonchev–Trinajstić information content (AvgIpc) is 3.15. The minimum Gasteiger partial charge on any atom is -0.367 e. The Balaban J connectivity index is 1.47. The van der Waals surface area contributed by atoms with Gasteiger partial charge in [0, 0.05) is 39.1 Å². The lowest BCUT2D eigenvalue weighted by atomic mass is 9.97. The number of amides is 1. The van der Waals surface area contributed by atoms with Gasteiger partial charge >= 0.3 is 0 Å². The van der Waals surface area contributed by atoms with Crippen LogP contribution in [0.1, 0.15) is 28.8 Å². The molecule has 0 spiro atoms. The molecule has 1 aromatic heterocycles. The van der Waals surface area contributed by atoms with Gasteiger partial charge in [0.15, 0.2) is 0 Å². The van der Waals surface area contributed by atoms with Crippen LogP contribution in [0.3, 0.4) is 0 Å². The van der Waals surface area contributed by atoms with Gasteiger partial charge in [0.25, 0.3) is 5.91 Å². The third-order valence-electron chi connectivity index (χ3n) is 4.96. The number of nitrogens with zero attached hydrogens (tertiary/aromatic N) is 2. The monoisotopic (exact) mass is 343 g/mol. The summed E-state index contributed by atoms with van der Waals surface area (Å²) in [6.45, 7) is 3.90. The summed E-state index contributed by atoms with van der Waals surface area (Å²) in [6, 6.07) is 8.58. The van der Waals surface area contributed by atoms with Gasteiger partial charge in [-0.2, -0.15) is 0 Å². The van der Waals surface area contributed by atoms with Crippen molar-refractivity contribution in [2.75, 3.05) is 33.2 Å². The first kappa shape index (κ1) is 17.7. The Labute approximate surface area is 148 Å². The molecule has 4 nitrogen and oxygen atoms in total. The molecule has 134 valence electrons. The van der Waals surface area contributed by atoms with Crippen molar-refractivity contribution in [3.63, 3.8) is 0 Å². The zero-order valence-corrected chi connectivity index (χ0v) is 14.7. The summed E-state index contributed by atoms with van der Waals surface area (Å²) in [5, 5.41) is 0. The highest BCUT2D eigenvalue weighted by Gasteiger charge is 2.23. The molecule has 1 atom stereocenters. The van der Waals surface area contributed by atoms with Gasteiger partial charge in [0.2, 0.25) is 0 Å². The lowest BCUT2D eigenvalue weighted by Crippen LogP contribution is -2.42. The number of hydrogen-bond donors (Lipinski definition) is 1. The fourth-order valence-corrected chi connectivity index (χ4v) is 3.59. The van der Waals surface area contributed by atoms with Gasteiger partial charge in [-0.15, -0.1) is 0 Å². The summed E-state index contributed by atoms with van der Waals surface area (Å²) in [7, 11) is 1.88. The molecular weight excluding hydrogens is 317 g/mol. The second kappa shape index (κ2) is 8.30. The van der Waals surface area contributed by atoms with E-state index in [0.717, 1.165) is 39.0 Å². The zero-order chi connectivity index (χ0) is 17.6. The molecule has 5 heteroatoms. The molecule has 1 aliphatic rings. The van der Waals surface area contributed by atoms with Crippen molar-refractivity contribution in [3.05, 3.63) is 59.7 Å². The highest BCUT2D eigenvalue weighted by molar-refractivity contribution is 5.93. The van der Waals surface area contributed by atoms with Gasteiger partial charge in [0.05, 0.1) is 5.56 Å². The van der Waals surface area contributed by atoms with Crippen LogP contribution in [0.2, 0.25) is 0 Å². The van der Waals surface area contributed by atoms with Gasteiger partial charge in [0.1, 0.15) is 5.82 Å². The molecule has 3 rings (SSSR count). The Bertz CT molecular complexity index is 669. The Morgan fingerprint density at radius 2 is 2.12 bits per heavy atom. The van der Waals surface area contributed by atoms with Crippen molar-refractivity contribution < 1.29 is 9.18 Å². The molecule has 1 aromatic carbocycles. The minimum absolute atomic E-state index is 0.0738. The van der Waals surface area contributed by atoms with E-state index in [0.29, 0.717) is 11.5 Å². The van der Waals surface area contributed by atoms with E-state index in [1.54, 1.807) is 12.4 Å². The molecule has 25 heavy (non-hydrogen) atoms. The van der Waals surface area contributed by atoms with Crippen molar-refractivity contribution in [1.29, 1.82) is 0 Å². The first-order chi connectivity index (χ1) is 12.1. The Morgan fingerprint density at radius 3 is 2.84 bits per heavy atom.